The monoisotopic (exact) mass is 478 g/mol. The highest BCUT2D eigenvalue weighted by Gasteiger charge is 2.30. The van der Waals surface area contributed by atoms with Crippen LogP contribution in [0.5, 0.6) is 0 Å². The molecule has 0 spiro atoms. The van der Waals surface area contributed by atoms with Crippen molar-refractivity contribution in [3.8, 4) is 0 Å². The second-order valence-corrected chi connectivity index (χ2v) is 8.24. The highest BCUT2D eigenvalue weighted by atomic mass is 79.9. The number of hydrogen-bond acceptors (Lipinski definition) is 8. The number of nitrogen functional groups attached to an aromatic ring is 1. The molecule has 0 aliphatic carbocycles. The van der Waals surface area contributed by atoms with E-state index in [1.807, 2.05) is 25.2 Å². The van der Waals surface area contributed by atoms with Gasteiger partial charge in [0.1, 0.15) is 12.4 Å². The van der Waals surface area contributed by atoms with Crippen molar-refractivity contribution < 1.29 is 18.7 Å². The molecule has 2 amide bonds. The van der Waals surface area contributed by atoms with Gasteiger partial charge < -0.3 is 30.0 Å². The van der Waals surface area contributed by atoms with E-state index in [1.165, 1.54) is 6.26 Å². The van der Waals surface area contributed by atoms with Crippen LogP contribution in [0.4, 0.5) is 22.2 Å². The number of anilines is 3. The smallest absolute Gasteiger partial charge is 0.410 e. The molecule has 1 aromatic carbocycles. The fourth-order valence-corrected chi connectivity index (χ4v) is 3.81. The quantitative estimate of drug-likeness (QED) is 0.683. The standard InChI is InChI=1S/C19H23BrN6O4/c1-24-9-13(10-24)30-19(28)26-6-4-25(5-7-26)12-2-3-14(20)15(8-12)22-17(27)16-11-29-18(21)23-16/h2-3,8,11,13H,4-7,9-10H2,1H3,(H2,21,23)(H,22,27). The van der Waals surface area contributed by atoms with E-state index in [4.69, 9.17) is 14.9 Å². The van der Waals surface area contributed by atoms with Gasteiger partial charge in [-0.1, -0.05) is 0 Å². The second kappa shape index (κ2) is 8.52. The Bertz CT molecular complexity index is 937. The van der Waals surface area contributed by atoms with Crippen molar-refractivity contribution in [1.82, 2.24) is 14.8 Å². The lowest BCUT2D eigenvalue weighted by atomic mass is 10.2. The first-order valence-corrected chi connectivity index (χ1v) is 10.4. The molecule has 2 saturated heterocycles. The number of aromatic nitrogens is 1. The minimum absolute atomic E-state index is 0.00163. The van der Waals surface area contributed by atoms with Gasteiger partial charge in [-0.25, -0.2) is 4.79 Å². The number of likely N-dealkylation sites (tertiary alicyclic amines) is 1. The molecule has 2 aromatic rings. The third-order valence-corrected chi connectivity index (χ3v) is 5.85. The number of nitrogens with two attached hydrogens (primary N) is 1. The Balaban J connectivity index is 1.35. The largest absolute Gasteiger partial charge is 0.443 e. The van der Waals surface area contributed by atoms with E-state index in [-0.39, 0.29) is 23.9 Å². The maximum Gasteiger partial charge on any atom is 0.410 e. The zero-order valence-corrected chi connectivity index (χ0v) is 18.1. The van der Waals surface area contributed by atoms with E-state index in [9.17, 15) is 9.59 Å². The molecule has 30 heavy (non-hydrogen) atoms. The molecule has 2 aliphatic heterocycles. The minimum atomic E-state index is -0.414. The SMILES string of the molecule is CN1CC(OC(=O)N2CCN(c3ccc(Br)c(NC(=O)c4coc(N)n4)c3)CC2)C1. The van der Waals surface area contributed by atoms with Gasteiger partial charge in [0.15, 0.2) is 5.69 Å². The predicted octanol–water partition coefficient (Wildman–Crippen LogP) is 1.84. The van der Waals surface area contributed by atoms with E-state index in [0.717, 1.165) is 23.2 Å². The van der Waals surface area contributed by atoms with Crippen LogP contribution in [0.2, 0.25) is 0 Å². The Morgan fingerprint density at radius 2 is 2.00 bits per heavy atom. The van der Waals surface area contributed by atoms with Crippen molar-refractivity contribution >= 4 is 45.3 Å². The first-order chi connectivity index (χ1) is 14.4. The Hall–Kier alpha value is -2.79. The molecule has 2 aliphatic rings. The molecule has 0 radical (unpaired) electrons. The van der Waals surface area contributed by atoms with E-state index < -0.39 is 5.91 Å². The average molecular weight is 479 g/mol. The van der Waals surface area contributed by atoms with Gasteiger partial charge in [0, 0.05) is 49.4 Å². The number of benzene rings is 1. The number of nitrogens with zero attached hydrogens (tertiary/aromatic N) is 4. The number of oxazole rings is 1. The lowest BCUT2D eigenvalue weighted by Crippen LogP contribution is -2.54. The van der Waals surface area contributed by atoms with Crippen LogP contribution in [0.15, 0.2) is 33.4 Å². The summed E-state index contributed by atoms with van der Waals surface area (Å²) < 4.78 is 11.1. The highest BCUT2D eigenvalue weighted by molar-refractivity contribution is 9.10. The number of nitrogens with one attached hydrogen (secondary N) is 1. The van der Waals surface area contributed by atoms with Gasteiger partial charge in [-0.3, -0.25) is 9.69 Å². The number of carbonyl (C=O) groups excluding carboxylic acids is 2. The molecule has 160 valence electrons. The van der Waals surface area contributed by atoms with E-state index in [1.54, 1.807) is 4.90 Å². The summed E-state index contributed by atoms with van der Waals surface area (Å²) >= 11 is 3.45. The molecule has 0 bridgehead atoms. The van der Waals surface area contributed by atoms with Gasteiger partial charge in [-0.15, -0.1) is 0 Å². The molecule has 3 heterocycles. The number of ether oxygens (including phenoxy) is 1. The van der Waals surface area contributed by atoms with Crippen molar-refractivity contribution in [1.29, 1.82) is 0 Å². The van der Waals surface area contributed by atoms with Crippen molar-refractivity contribution in [2.45, 2.75) is 6.10 Å². The molecule has 0 atom stereocenters. The summed E-state index contributed by atoms with van der Waals surface area (Å²) in [6.45, 7) is 4.10. The topological polar surface area (TPSA) is 117 Å². The van der Waals surface area contributed by atoms with Crippen LogP contribution in [0.25, 0.3) is 0 Å². The van der Waals surface area contributed by atoms with Gasteiger partial charge >= 0.3 is 6.09 Å². The summed E-state index contributed by atoms with van der Waals surface area (Å²) in [6.07, 6.45) is 0.962. The first kappa shape index (κ1) is 20.5. The van der Waals surface area contributed by atoms with Gasteiger partial charge in [-0.05, 0) is 41.2 Å². The van der Waals surface area contributed by atoms with Crippen molar-refractivity contribution in [2.75, 3.05) is 62.3 Å². The summed E-state index contributed by atoms with van der Waals surface area (Å²) in [5.41, 5.74) is 7.08. The molecule has 2 fully saturated rings. The fraction of sp³-hybridized carbons (Fsp3) is 0.421. The highest BCUT2D eigenvalue weighted by Crippen LogP contribution is 2.29. The molecule has 1 aromatic heterocycles. The number of halogens is 1. The third kappa shape index (κ3) is 4.51. The molecular formula is C19H23BrN6O4. The number of amides is 2. The second-order valence-electron chi connectivity index (χ2n) is 7.39. The van der Waals surface area contributed by atoms with Crippen LogP contribution >= 0.6 is 15.9 Å². The number of hydrogen-bond donors (Lipinski definition) is 2. The normalized spacial score (nSPS) is 17.5. The maximum atomic E-state index is 12.3. The Kier molecular flexibility index (Phi) is 5.82. The Morgan fingerprint density at radius 1 is 1.27 bits per heavy atom. The van der Waals surface area contributed by atoms with Crippen molar-refractivity contribution in [3.63, 3.8) is 0 Å². The number of rotatable bonds is 4. The van der Waals surface area contributed by atoms with Gasteiger partial charge in [0.2, 0.25) is 0 Å². The fourth-order valence-electron chi connectivity index (χ4n) is 3.46. The Morgan fingerprint density at radius 3 is 2.63 bits per heavy atom. The third-order valence-electron chi connectivity index (χ3n) is 5.15. The summed E-state index contributed by atoms with van der Waals surface area (Å²) in [5.74, 6) is -0.414. The number of likely N-dealkylation sites (N-methyl/N-ethyl adjacent to an activating group) is 1. The predicted molar refractivity (Wildman–Crippen MR) is 115 cm³/mol. The first-order valence-electron chi connectivity index (χ1n) is 9.60. The van der Waals surface area contributed by atoms with E-state index in [2.05, 4.69) is 36.0 Å². The summed E-state index contributed by atoms with van der Waals surface area (Å²) in [6, 6.07) is 5.65. The van der Waals surface area contributed by atoms with E-state index >= 15 is 0 Å². The molecular weight excluding hydrogens is 456 g/mol. The van der Waals surface area contributed by atoms with Crippen LogP contribution in [-0.4, -0.2) is 79.2 Å². The van der Waals surface area contributed by atoms with Crippen LogP contribution in [0.3, 0.4) is 0 Å². The van der Waals surface area contributed by atoms with Gasteiger partial charge in [-0.2, -0.15) is 4.98 Å². The lowest BCUT2D eigenvalue weighted by molar-refractivity contribution is -0.0154. The minimum Gasteiger partial charge on any atom is -0.443 e. The molecule has 0 unspecified atom stereocenters. The van der Waals surface area contributed by atoms with Gasteiger partial charge in [0.05, 0.1) is 5.69 Å². The van der Waals surface area contributed by atoms with Crippen molar-refractivity contribution in [3.05, 3.63) is 34.6 Å². The molecule has 10 nitrogen and oxygen atoms in total. The van der Waals surface area contributed by atoms with Crippen LogP contribution < -0.4 is 16.0 Å². The molecule has 4 rings (SSSR count). The molecule has 0 saturated carbocycles. The average Bonchev–Trinajstić information content (AvgIpc) is 3.15. The van der Waals surface area contributed by atoms with Crippen LogP contribution in [0.1, 0.15) is 10.5 Å². The maximum absolute atomic E-state index is 12.3. The van der Waals surface area contributed by atoms with Crippen LogP contribution in [0, 0.1) is 0 Å². The summed E-state index contributed by atoms with van der Waals surface area (Å²) in [4.78, 5) is 34.5. The molecule has 11 heteroatoms. The lowest BCUT2D eigenvalue weighted by Gasteiger charge is -2.39. The number of piperazine rings is 1. The van der Waals surface area contributed by atoms with Crippen molar-refractivity contribution in [2.24, 2.45) is 0 Å². The molecule has 3 N–H and O–H groups in total. The van der Waals surface area contributed by atoms with Crippen LogP contribution in [-0.2, 0) is 4.74 Å². The zero-order valence-electron chi connectivity index (χ0n) is 16.5. The number of carbonyl (C=O) groups is 2. The summed E-state index contributed by atoms with van der Waals surface area (Å²) in [7, 11) is 2.00. The summed E-state index contributed by atoms with van der Waals surface area (Å²) in [5, 5.41) is 2.81. The van der Waals surface area contributed by atoms with E-state index in [0.29, 0.717) is 31.9 Å². The Labute approximate surface area is 182 Å². The zero-order chi connectivity index (χ0) is 21.3. The van der Waals surface area contributed by atoms with Gasteiger partial charge in [0.25, 0.3) is 11.9 Å².